The smallest absolute Gasteiger partial charge is 0.229 e. The third-order valence-electron chi connectivity index (χ3n) is 6.49. The average molecular weight is 466 g/mol. The second-order valence-corrected chi connectivity index (χ2v) is 9.18. The molecular weight excluding hydrogens is 436 g/mol. The van der Waals surface area contributed by atoms with E-state index in [-0.39, 0.29) is 6.04 Å². The van der Waals surface area contributed by atoms with Crippen LogP contribution in [0, 0.1) is 12.7 Å². The molecule has 4 heterocycles. The van der Waals surface area contributed by atoms with Crippen molar-refractivity contribution in [3.05, 3.63) is 59.8 Å². The Morgan fingerprint density at radius 3 is 2.59 bits per heavy atom. The molecule has 7 nitrogen and oxygen atoms in total. The van der Waals surface area contributed by atoms with Crippen LogP contribution in [0.5, 0.6) is 0 Å². The highest BCUT2D eigenvalue weighted by atomic mass is 19.1. The second kappa shape index (κ2) is 8.79. The molecule has 2 aromatic heterocycles. The average Bonchev–Trinajstić information content (AvgIpc) is 3.16. The topological polar surface area (TPSA) is 62.1 Å². The van der Waals surface area contributed by atoms with E-state index >= 15 is 4.39 Å². The van der Waals surface area contributed by atoms with E-state index in [1.807, 2.05) is 31.4 Å². The molecule has 0 amide bonds. The van der Waals surface area contributed by atoms with Crippen molar-refractivity contribution < 1.29 is 8.78 Å². The minimum atomic E-state index is -0.458. The summed E-state index contributed by atoms with van der Waals surface area (Å²) in [6.45, 7) is 11.2. The standard InChI is InChI=1S/C25H29F2N7/c1-15(2)34-17(4)31-24-21(26)9-18(10-23(24)34)20-5-7-32(14-22(20)27)25-29-12-19(13-30-25)33-8-6-28-11-16(33)3/h5,9-10,12-16,28H,6-8,11H2,1-4H3/t16-/m1/s1. The molecular formula is C25H29F2N7. The Labute approximate surface area is 197 Å². The highest BCUT2D eigenvalue weighted by molar-refractivity contribution is 5.87. The van der Waals surface area contributed by atoms with Gasteiger partial charge in [-0.3, -0.25) is 0 Å². The largest absolute Gasteiger partial charge is 0.364 e. The van der Waals surface area contributed by atoms with Crippen molar-refractivity contribution in [3.63, 3.8) is 0 Å². The molecule has 1 aromatic carbocycles. The molecule has 178 valence electrons. The number of benzene rings is 1. The number of anilines is 2. The number of nitrogens with zero attached hydrogens (tertiary/aromatic N) is 6. The van der Waals surface area contributed by atoms with Crippen molar-refractivity contribution in [1.82, 2.24) is 24.8 Å². The van der Waals surface area contributed by atoms with Gasteiger partial charge in [-0.2, -0.15) is 0 Å². The molecule has 0 aliphatic carbocycles. The van der Waals surface area contributed by atoms with Gasteiger partial charge in [-0.05, 0) is 45.4 Å². The van der Waals surface area contributed by atoms with Gasteiger partial charge in [0.15, 0.2) is 5.82 Å². The molecule has 9 heteroatoms. The van der Waals surface area contributed by atoms with Gasteiger partial charge in [0.25, 0.3) is 0 Å². The maximum atomic E-state index is 15.2. The summed E-state index contributed by atoms with van der Waals surface area (Å²) < 4.78 is 32.1. The summed E-state index contributed by atoms with van der Waals surface area (Å²) in [6, 6.07) is 3.64. The number of nitrogens with one attached hydrogen (secondary N) is 1. The van der Waals surface area contributed by atoms with Crippen molar-refractivity contribution >= 4 is 28.2 Å². The van der Waals surface area contributed by atoms with Crippen LogP contribution in [-0.2, 0) is 0 Å². The van der Waals surface area contributed by atoms with Gasteiger partial charge in [0.2, 0.25) is 5.95 Å². The molecule has 0 saturated carbocycles. The maximum absolute atomic E-state index is 15.2. The van der Waals surface area contributed by atoms with E-state index < -0.39 is 11.6 Å². The van der Waals surface area contributed by atoms with E-state index in [0.717, 1.165) is 31.1 Å². The predicted octanol–water partition coefficient (Wildman–Crippen LogP) is 4.37. The number of imidazole rings is 1. The molecule has 1 atom stereocenters. The summed E-state index contributed by atoms with van der Waals surface area (Å²) in [5, 5.41) is 3.37. The van der Waals surface area contributed by atoms with Gasteiger partial charge in [-0.15, -0.1) is 0 Å². The molecule has 1 fully saturated rings. The van der Waals surface area contributed by atoms with E-state index in [1.54, 1.807) is 23.4 Å². The summed E-state index contributed by atoms with van der Waals surface area (Å²) in [7, 11) is 0. The van der Waals surface area contributed by atoms with Crippen molar-refractivity contribution in [2.24, 2.45) is 0 Å². The van der Waals surface area contributed by atoms with E-state index in [0.29, 0.717) is 40.7 Å². The molecule has 34 heavy (non-hydrogen) atoms. The monoisotopic (exact) mass is 465 g/mol. The Kier molecular flexibility index (Phi) is 5.81. The molecule has 0 spiro atoms. The first-order chi connectivity index (χ1) is 16.3. The van der Waals surface area contributed by atoms with E-state index in [9.17, 15) is 4.39 Å². The summed E-state index contributed by atoms with van der Waals surface area (Å²) in [4.78, 5) is 17.2. The minimum Gasteiger partial charge on any atom is -0.364 e. The molecule has 2 aliphatic rings. The number of halogens is 2. The zero-order valence-electron chi connectivity index (χ0n) is 19.9. The number of aromatic nitrogens is 4. The van der Waals surface area contributed by atoms with E-state index in [1.165, 1.54) is 12.3 Å². The molecule has 1 N–H and O–H groups in total. The Morgan fingerprint density at radius 1 is 1.15 bits per heavy atom. The quantitative estimate of drug-likeness (QED) is 0.618. The molecule has 1 saturated heterocycles. The summed E-state index contributed by atoms with van der Waals surface area (Å²) in [6.07, 6.45) is 6.70. The van der Waals surface area contributed by atoms with Crippen LogP contribution < -0.4 is 15.1 Å². The van der Waals surface area contributed by atoms with Crippen LogP contribution >= 0.6 is 0 Å². The molecule has 0 radical (unpaired) electrons. The zero-order chi connectivity index (χ0) is 24.0. The van der Waals surface area contributed by atoms with Crippen LogP contribution in [0.1, 0.15) is 38.2 Å². The summed E-state index contributed by atoms with van der Waals surface area (Å²) >= 11 is 0. The lowest BCUT2D eigenvalue weighted by molar-refractivity contribution is 0.500. The predicted molar refractivity (Wildman–Crippen MR) is 131 cm³/mol. The first-order valence-electron chi connectivity index (χ1n) is 11.7. The lowest BCUT2D eigenvalue weighted by Crippen LogP contribution is -2.50. The second-order valence-electron chi connectivity index (χ2n) is 9.18. The number of piperazine rings is 1. The molecule has 0 bridgehead atoms. The van der Waals surface area contributed by atoms with Crippen LogP contribution in [0.3, 0.4) is 0 Å². The first-order valence-corrected chi connectivity index (χ1v) is 11.7. The molecule has 3 aromatic rings. The van der Waals surface area contributed by atoms with Crippen LogP contribution in [-0.4, -0.2) is 51.7 Å². The maximum Gasteiger partial charge on any atom is 0.229 e. The number of hydrogen-bond acceptors (Lipinski definition) is 6. The van der Waals surface area contributed by atoms with Gasteiger partial charge >= 0.3 is 0 Å². The number of aryl methyl sites for hydroxylation is 1. The van der Waals surface area contributed by atoms with Crippen LogP contribution in [0.2, 0.25) is 0 Å². The molecule has 5 rings (SSSR count). The fourth-order valence-electron chi connectivity index (χ4n) is 4.85. The Hall–Kier alpha value is -3.33. The van der Waals surface area contributed by atoms with Gasteiger partial charge in [0.1, 0.15) is 17.2 Å². The number of allylic oxidation sites excluding steroid dienone is 2. The van der Waals surface area contributed by atoms with Crippen LogP contribution in [0.15, 0.2) is 42.6 Å². The SMILES string of the molecule is Cc1nc2c(F)cc(C3=CCN(c4ncc(N5CCNC[C@H]5C)cn4)C=C3F)cc2n1C(C)C. The number of hydrogen-bond donors (Lipinski definition) is 1. The summed E-state index contributed by atoms with van der Waals surface area (Å²) in [5.74, 6) is 0.247. The molecule has 2 aliphatic heterocycles. The van der Waals surface area contributed by atoms with E-state index in [2.05, 4.69) is 32.1 Å². The zero-order valence-corrected chi connectivity index (χ0v) is 19.9. The fraction of sp³-hybridized carbons (Fsp3) is 0.400. The van der Waals surface area contributed by atoms with Gasteiger partial charge in [-0.25, -0.2) is 23.7 Å². The van der Waals surface area contributed by atoms with Crippen LogP contribution in [0.4, 0.5) is 20.4 Å². The molecule has 0 unspecified atom stereocenters. The fourth-order valence-corrected chi connectivity index (χ4v) is 4.85. The lowest BCUT2D eigenvalue weighted by Gasteiger charge is -2.35. The first kappa shape index (κ1) is 22.5. The van der Waals surface area contributed by atoms with Gasteiger partial charge in [-0.1, -0.05) is 6.08 Å². The van der Waals surface area contributed by atoms with Crippen molar-refractivity contribution in [2.45, 2.75) is 39.8 Å². The Morgan fingerprint density at radius 2 is 1.91 bits per heavy atom. The minimum absolute atomic E-state index is 0.111. The number of fused-ring (bicyclic) bond motifs is 1. The van der Waals surface area contributed by atoms with Crippen LogP contribution in [0.25, 0.3) is 16.6 Å². The normalized spacial score (nSPS) is 19.1. The summed E-state index contributed by atoms with van der Waals surface area (Å²) in [5.41, 5.74) is 2.78. The number of rotatable bonds is 4. The van der Waals surface area contributed by atoms with Gasteiger partial charge < -0.3 is 19.7 Å². The third kappa shape index (κ3) is 3.94. The Bertz CT molecular complexity index is 1280. The third-order valence-corrected chi connectivity index (χ3v) is 6.49. The van der Waals surface area contributed by atoms with E-state index in [4.69, 9.17) is 0 Å². The van der Waals surface area contributed by atoms with Gasteiger partial charge in [0, 0.05) is 50.0 Å². The highest BCUT2D eigenvalue weighted by Crippen LogP contribution is 2.33. The van der Waals surface area contributed by atoms with Crippen molar-refractivity contribution in [1.29, 1.82) is 0 Å². The lowest BCUT2D eigenvalue weighted by atomic mass is 10.0. The highest BCUT2D eigenvalue weighted by Gasteiger charge is 2.23. The Balaban J connectivity index is 1.40. The van der Waals surface area contributed by atoms with Crippen molar-refractivity contribution in [3.8, 4) is 0 Å². The van der Waals surface area contributed by atoms with Gasteiger partial charge in [0.05, 0.1) is 23.6 Å². The van der Waals surface area contributed by atoms with Crippen molar-refractivity contribution in [2.75, 3.05) is 36.0 Å².